The SMILES string of the molecule is CCC1CN(C(=O)NC2CCC2)CCO1. The lowest BCUT2D eigenvalue weighted by atomic mass is 9.93. The van der Waals surface area contributed by atoms with Crippen molar-refractivity contribution < 1.29 is 9.53 Å². The van der Waals surface area contributed by atoms with Gasteiger partial charge in [-0.15, -0.1) is 0 Å². The van der Waals surface area contributed by atoms with Crippen molar-refractivity contribution in [3.05, 3.63) is 0 Å². The molecule has 2 amide bonds. The molecule has 15 heavy (non-hydrogen) atoms. The van der Waals surface area contributed by atoms with Gasteiger partial charge in [-0.1, -0.05) is 6.92 Å². The Kier molecular flexibility index (Phi) is 3.46. The second kappa shape index (κ2) is 4.84. The fraction of sp³-hybridized carbons (Fsp3) is 0.909. The first-order valence-electron chi connectivity index (χ1n) is 5.96. The summed E-state index contributed by atoms with van der Waals surface area (Å²) in [5.74, 6) is 0. The van der Waals surface area contributed by atoms with Crippen molar-refractivity contribution in [3.63, 3.8) is 0 Å². The van der Waals surface area contributed by atoms with Crippen LogP contribution in [0.3, 0.4) is 0 Å². The highest BCUT2D eigenvalue weighted by Crippen LogP contribution is 2.18. The Bertz CT molecular complexity index is 229. The third-order valence-electron chi connectivity index (χ3n) is 3.31. The summed E-state index contributed by atoms with van der Waals surface area (Å²) < 4.78 is 5.53. The molecule has 2 fully saturated rings. The number of ether oxygens (including phenoxy) is 1. The van der Waals surface area contributed by atoms with Gasteiger partial charge in [-0.2, -0.15) is 0 Å². The molecular weight excluding hydrogens is 192 g/mol. The number of urea groups is 1. The number of hydrogen-bond donors (Lipinski definition) is 1. The average Bonchev–Trinajstić information content (AvgIpc) is 2.23. The highest BCUT2D eigenvalue weighted by Gasteiger charge is 2.26. The van der Waals surface area contributed by atoms with Crippen LogP contribution in [-0.2, 0) is 4.74 Å². The second-order valence-corrected chi connectivity index (χ2v) is 4.42. The molecule has 1 aliphatic heterocycles. The number of amides is 2. The van der Waals surface area contributed by atoms with Gasteiger partial charge in [0.2, 0.25) is 0 Å². The predicted molar refractivity (Wildman–Crippen MR) is 57.8 cm³/mol. The molecule has 0 radical (unpaired) electrons. The maximum atomic E-state index is 11.8. The molecule has 2 rings (SSSR count). The number of rotatable bonds is 2. The molecule has 4 heteroatoms. The Balaban J connectivity index is 1.78. The van der Waals surface area contributed by atoms with E-state index in [1.165, 1.54) is 6.42 Å². The number of hydrogen-bond acceptors (Lipinski definition) is 2. The summed E-state index contributed by atoms with van der Waals surface area (Å²) in [6.07, 6.45) is 4.75. The van der Waals surface area contributed by atoms with E-state index in [-0.39, 0.29) is 12.1 Å². The van der Waals surface area contributed by atoms with Crippen molar-refractivity contribution in [1.82, 2.24) is 10.2 Å². The lowest BCUT2D eigenvalue weighted by molar-refractivity contribution is -0.0160. The number of carbonyl (C=O) groups is 1. The smallest absolute Gasteiger partial charge is 0.317 e. The molecule has 1 N–H and O–H groups in total. The maximum Gasteiger partial charge on any atom is 0.317 e. The fourth-order valence-corrected chi connectivity index (χ4v) is 1.97. The molecule has 1 saturated heterocycles. The molecular formula is C11H20N2O2. The Morgan fingerprint density at radius 2 is 2.33 bits per heavy atom. The highest BCUT2D eigenvalue weighted by molar-refractivity contribution is 5.74. The minimum absolute atomic E-state index is 0.0986. The first-order valence-corrected chi connectivity index (χ1v) is 5.96. The summed E-state index contributed by atoms with van der Waals surface area (Å²) in [7, 11) is 0. The number of nitrogens with one attached hydrogen (secondary N) is 1. The van der Waals surface area contributed by atoms with Gasteiger partial charge in [0, 0.05) is 19.1 Å². The first kappa shape index (κ1) is 10.7. The molecule has 0 spiro atoms. The summed E-state index contributed by atoms with van der Waals surface area (Å²) in [6, 6.07) is 0.530. The molecule has 0 aromatic rings. The fourth-order valence-electron chi connectivity index (χ4n) is 1.97. The van der Waals surface area contributed by atoms with Gasteiger partial charge >= 0.3 is 6.03 Å². The van der Waals surface area contributed by atoms with E-state index < -0.39 is 0 Å². The van der Waals surface area contributed by atoms with Gasteiger partial charge in [0.1, 0.15) is 0 Å². The van der Waals surface area contributed by atoms with Gasteiger partial charge < -0.3 is 15.0 Å². The van der Waals surface area contributed by atoms with E-state index >= 15 is 0 Å². The zero-order valence-electron chi connectivity index (χ0n) is 9.37. The number of nitrogens with zero attached hydrogens (tertiary/aromatic N) is 1. The normalized spacial score (nSPS) is 27.3. The summed E-state index contributed by atoms with van der Waals surface area (Å²) in [4.78, 5) is 13.7. The molecule has 86 valence electrons. The summed E-state index contributed by atoms with van der Waals surface area (Å²) in [5.41, 5.74) is 0. The van der Waals surface area contributed by atoms with E-state index in [1.807, 2.05) is 4.90 Å². The lowest BCUT2D eigenvalue weighted by Crippen LogP contribution is -2.52. The Morgan fingerprint density at radius 3 is 2.93 bits per heavy atom. The standard InChI is InChI=1S/C11H20N2O2/c1-2-10-8-13(6-7-15-10)11(14)12-9-4-3-5-9/h9-10H,2-8H2,1H3,(H,12,14). The van der Waals surface area contributed by atoms with Gasteiger partial charge in [-0.25, -0.2) is 4.79 Å². The van der Waals surface area contributed by atoms with E-state index in [4.69, 9.17) is 4.74 Å². The molecule has 1 atom stereocenters. The minimum Gasteiger partial charge on any atom is -0.375 e. The van der Waals surface area contributed by atoms with Crippen LogP contribution in [0.4, 0.5) is 4.79 Å². The molecule has 0 bridgehead atoms. The minimum atomic E-state index is 0.0986. The van der Waals surface area contributed by atoms with Crippen molar-refractivity contribution in [2.24, 2.45) is 0 Å². The maximum absolute atomic E-state index is 11.8. The van der Waals surface area contributed by atoms with Gasteiger partial charge in [-0.3, -0.25) is 0 Å². The summed E-state index contributed by atoms with van der Waals surface area (Å²) in [5, 5.41) is 3.06. The molecule has 1 saturated carbocycles. The van der Waals surface area contributed by atoms with Gasteiger partial charge in [-0.05, 0) is 25.7 Å². The molecule has 1 unspecified atom stereocenters. The summed E-state index contributed by atoms with van der Waals surface area (Å²) >= 11 is 0. The third kappa shape index (κ3) is 2.62. The van der Waals surface area contributed by atoms with Crippen LogP contribution in [0.15, 0.2) is 0 Å². The van der Waals surface area contributed by atoms with Crippen molar-refractivity contribution in [2.45, 2.75) is 44.8 Å². The van der Waals surface area contributed by atoms with Gasteiger partial charge in [0.15, 0.2) is 0 Å². The van der Waals surface area contributed by atoms with E-state index in [0.717, 1.165) is 32.4 Å². The molecule has 0 aromatic carbocycles. The van der Waals surface area contributed by atoms with Crippen molar-refractivity contribution >= 4 is 6.03 Å². The Morgan fingerprint density at radius 1 is 1.53 bits per heavy atom. The van der Waals surface area contributed by atoms with Crippen LogP contribution < -0.4 is 5.32 Å². The van der Waals surface area contributed by atoms with Crippen LogP contribution in [0.2, 0.25) is 0 Å². The van der Waals surface area contributed by atoms with Crippen LogP contribution in [0.1, 0.15) is 32.6 Å². The molecule has 4 nitrogen and oxygen atoms in total. The summed E-state index contributed by atoms with van der Waals surface area (Å²) in [6.45, 7) is 4.25. The molecule has 2 aliphatic rings. The van der Waals surface area contributed by atoms with Crippen LogP contribution >= 0.6 is 0 Å². The number of morpholine rings is 1. The van der Waals surface area contributed by atoms with E-state index in [9.17, 15) is 4.79 Å². The van der Waals surface area contributed by atoms with Crippen LogP contribution in [0.5, 0.6) is 0 Å². The molecule has 0 aromatic heterocycles. The van der Waals surface area contributed by atoms with Crippen LogP contribution in [0, 0.1) is 0 Å². The third-order valence-corrected chi connectivity index (χ3v) is 3.31. The zero-order chi connectivity index (χ0) is 10.7. The lowest BCUT2D eigenvalue weighted by Gasteiger charge is -2.35. The highest BCUT2D eigenvalue weighted by atomic mass is 16.5. The average molecular weight is 212 g/mol. The number of carbonyl (C=O) groups excluding carboxylic acids is 1. The van der Waals surface area contributed by atoms with E-state index in [2.05, 4.69) is 12.2 Å². The Labute approximate surface area is 91.0 Å². The van der Waals surface area contributed by atoms with Gasteiger partial charge in [0.05, 0.1) is 12.7 Å². The van der Waals surface area contributed by atoms with Crippen LogP contribution in [-0.4, -0.2) is 42.8 Å². The van der Waals surface area contributed by atoms with Crippen molar-refractivity contribution in [2.75, 3.05) is 19.7 Å². The predicted octanol–water partition coefficient (Wildman–Crippen LogP) is 1.36. The quantitative estimate of drug-likeness (QED) is 0.751. The molecule has 1 aliphatic carbocycles. The second-order valence-electron chi connectivity index (χ2n) is 4.42. The largest absolute Gasteiger partial charge is 0.375 e. The van der Waals surface area contributed by atoms with Crippen molar-refractivity contribution in [3.8, 4) is 0 Å². The van der Waals surface area contributed by atoms with Crippen LogP contribution in [0.25, 0.3) is 0 Å². The van der Waals surface area contributed by atoms with Gasteiger partial charge in [0.25, 0.3) is 0 Å². The first-order chi connectivity index (χ1) is 7.29. The zero-order valence-corrected chi connectivity index (χ0v) is 9.37. The Hall–Kier alpha value is -0.770. The monoisotopic (exact) mass is 212 g/mol. The van der Waals surface area contributed by atoms with E-state index in [0.29, 0.717) is 12.6 Å². The van der Waals surface area contributed by atoms with Crippen molar-refractivity contribution in [1.29, 1.82) is 0 Å². The molecule has 1 heterocycles. The topological polar surface area (TPSA) is 41.6 Å². The van der Waals surface area contributed by atoms with E-state index in [1.54, 1.807) is 0 Å².